The van der Waals surface area contributed by atoms with Gasteiger partial charge in [0.1, 0.15) is 10.7 Å². The summed E-state index contributed by atoms with van der Waals surface area (Å²) in [6, 6.07) is 6.92. The van der Waals surface area contributed by atoms with E-state index in [0.717, 1.165) is 6.07 Å². The Labute approximate surface area is 141 Å². The molecule has 0 bridgehead atoms. The van der Waals surface area contributed by atoms with Gasteiger partial charge in [0.2, 0.25) is 6.79 Å². The number of rotatable bonds is 3. The van der Waals surface area contributed by atoms with E-state index < -0.39 is 15.8 Å². The van der Waals surface area contributed by atoms with Gasteiger partial charge >= 0.3 is 0 Å². The van der Waals surface area contributed by atoms with Crippen LogP contribution in [-0.2, 0) is 10.0 Å². The lowest BCUT2D eigenvalue weighted by Gasteiger charge is -2.08. The van der Waals surface area contributed by atoms with E-state index in [-0.39, 0.29) is 22.4 Å². The van der Waals surface area contributed by atoms with Crippen LogP contribution in [0.1, 0.15) is 0 Å². The van der Waals surface area contributed by atoms with E-state index in [2.05, 4.69) is 9.71 Å². The molecule has 2 aromatic carbocycles. The van der Waals surface area contributed by atoms with Gasteiger partial charge in [-0.15, -0.1) is 0 Å². The second-order valence-electron chi connectivity index (χ2n) is 5.13. The molecule has 1 aromatic heterocycles. The first kappa shape index (κ1) is 15.1. The Morgan fingerprint density at radius 3 is 2.67 bits per heavy atom. The first-order chi connectivity index (χ1) is 11.4. The van der Waals surface area contributed by atoms with Crippen LogP contribution in [0.2, 0.25) is 5.02 Å². The molecule has 0 fully saturated rings. The molecule has 0 spiro atoms. The van der Waals surface area contributed by atoms with Gasteiger partial charge in [-0.2, -0.15) is 0 Å². The summed E-state index contributed by atoms with van der Waals surface area (Å²) < 4.78 is 51.8. The maximum Gasteiger partial charge on any atom is 0.264 e. The minimum absolute atomic E-state index is 0.0230. The summed E-state index contributed by atoms with van der Waals surface area (Å²) in [5.41, 5.74) is 0.380. The van der Waals surface area contributed by atoms with Gasteiger partial charge in [-0.1, -0.05) is 11.6 Å². The molecule has 0 saturated heterocycles. The Balaban J connectivity index is 1.78. The molecule has 0 amide bonds. The number of aromatic amines is 1. The lowest BCUT2D eigenvalue weighted by Crippen LogP contribution is -2.13. The second-order valence-corrected chi connectivity index (χ2v) is 7.22. The number of ether oxygens (including phenoxy) is 2. The van der Waals surface area contributed by atoms with Gasteiger partial charge < -0.3 is 14.5 Å². The van der Waals surface area contributed by atoms with Crippen molar-refractivity contribution >= 4 is 38.2 Å². The number of sulfonamides is 1. The third-order valence-corrected chi connectivity index (χ3v) is 5.24. The van der Waals surface area contributed by atoms with E-state index in [9.17, 15) is 12.8 Å². The number of anilines is 1. The van der Waals surface area contributed by atoms with Crippen LogP contribution in [0.3, 0.4) is 0 Å². The second kappa shape index (κ2) is 5.29. The number of aromatic nitrogens is 1. The van der Waals surface area contributed by atoms with Crippen LogP contribution < -0.4 is 14.2 Å². The summed E-state index contributed by atoms with van der Waals surface area (Å²) in [5, 5.41) is 0.594. The van der Waals surface area contributed by atoms with Crippen LogP contribution in [0.4, 0.5) is 10.1 Å². The minimum atomic E-state index is -4.01. The Morgan fingerprint density at radius 2 is 1.92 bits per heavy atom. The number of hydrogen-bond acceptors (Lipinski definition) is 4. The summed E-state index contributed by atoms with van der Waals surface area (Å²) in [6.45, 7) is 0.0816. The van der Waals surface area contributed by atoms with Crippen molar-refractivity contribution in [1.29, 1.82) is 0 Å². The molecule has 24 heavy (non-hydrogen) atoms. The molecular weight excluding hydrogens is 359 g/mol. The van der Waals surface area contributed by atoms with Crippen LogP contribution >= 0.6 is 11.6 Å². The SMILES string of the molecule is O=S(=O)(Nc1ccc(Cl)cc1F)c1c[nH]c2cc3c(cc12)OCO3. The first-order valence-electron chi connectivity index (χ1n) is 6.83. The Hall–Kier alpha value is -2.45. The lowest BCUT2D eigenvalue weighted by atomic mass is 10.2. The van der Waals surface area contributed by atoms with Crippen molar-refractivity contribution in [2.45, 2.75) is 4.90 Å². The van der Waals surface area contributed by atoms with Crippen molar-refractivity contribution < 1.29 is 22.3 Å². The number of hydrogen-bond donors (Lipinski definition) is 2. The standard InChI is InChI=1S/C15H10ClFN2O4S/c16-8-1-2-11(10(17)3-8)19-24(20,21)15-6-18-12-5-14-13(4-9(12)15)22-7-23-14/h1-6,18-19H,7H2. The zero-order valence-electron chi connectivity index (χ0n) is 12.0. The van der Waals surface area contributed by atoms with E-state index in [0.29, 0.717) is 22.4 Å². The number of fused-ring (bicyclic) bond motifs is 2. The molecule has 6 nitrogen and oxygen atoms in total. The Bertz CT molecular complexity index is 1060. The van der Waals surface area contributed by atoms with Crippen molar-refractivity contribution in [3.8, 4) is 11.5 Å². The van der Waals surface area contributed by atoms with Crippen LogP contribution in [0, 0.1) is 5.82 Å². The highest BCUT2D eigenvalue weighted by Crippen LogP contribution is 2.38. The zero-order valence-corrected chi connectivity index (χ0v) is 13.5. The van der Waals surface area contributed by atoms with Crippen LogP contribution in [0.25, 0.3) is 10.9 Å². The number of halogens is 2. The molecular formula is C15H10ClFN2O4S. The largest absolute Gasteiger partial charge is 0.454 e. The molecule has 1 aliphatic heterocycles. The van der Waals surface area contributed by atoms with E-state index in [1.165, 1.54) is 18.3 Å². The topological polar surface area (TPSA) is 80.4 Å². The molecule has 4 rings (SSSR count). The highest BCUT2D eigenvalue weighted by molar-refractivity contribution is 7.93. The van der Waals surface area contributed by atoms with Crippen LogP contribution in [0.5, 0.6) is 11.5 Å². The van der Waals surface area contributed by atoms with Gasteiger partial charge in [-0.05, 0) is 24.3 Å². The van der Waals surface area contributed by atoms with Crippen molar-refractivity contribution in [2.24, 2.45) is 0 Å². The van der Waals surface area contributed by atoms with Gasteiger partial charge in [-0.3, -0.25) is 4.72 Å². The fourth-order valence-corrected chi connectivity index (χ4v) is 3.88. The molecule has 2 N–H and O–H groups in total. The average Bonchev–Trinajstić information content (AvgIpc) is 3.13. The van der Waals surface area contributed by atoms with Gasteiger partial charge in [-0.25, -0.2) is 12.8 Å². The van der Waals surface area contributed by atoms with Crippen molar-refractivity contribution in [3.05, 3.63) is 47.4 Å². The third kappa shape index (κ3) is 2.44. The van der Waals surface area contributed by atoms with E-state index >= 15 is 0 Å². The van der Waals surface area contributed by atoms with Crippen LogP contribution in [0.15, 0.2) is 41.4 Å². The first-order valence-corrected chi connectivity index (χ1v) is 8.69. The smallest absolute Gasteiger partial charge is 0.264 e. The summed E-state index contributed by atoms with van der Waals surface area (Å²) >= 11 is 5.67. The third-order valence-electron chi connectivity index (χ3n) is 3.60. The maximum atomic E-state index is 13.9. The van der Waals surface area contributed by atoms with Gasteiger partial charge in [0, 0.05) is 22.7 Å². The van der Waals surface area contributed by atoms with E-state index in [1.807, 2.05) is 0 Å². The Morgan fingerprint density at radius 1 is 1.17 bits per heavy atom. The molecule has 3 aromatic rings. The molecule has 0 aliphatic carbocycles. The lowest BCUT2D eigenvalue weighted by molar-refractivity contribution is 0.174. The summed E-state index contributed by atoms with van der Waals surface area (Å²) in [7, 11) is -4.01. The molecule has 0 saturated carbocycles. The average molecular weight is 369 g/mol. The zero-order chi connectivity index (χ0) is 16.9. The number of benzene rings is 2. The fourth-order valence-electron chi connectivity index (χ4n) is 2.48. The highest BCUT2D eigenvalue weighted by Gasteiger charge is 2.23. The maximum absolute atomic E-state index is 13.9. The molecule has 0 atom stereocenters. The predicted molar refractivity (Wildman–Crippen MR) is 86.6 cm³/mol. The molecule has 1 aliphatic rings. The molecule has 2 heterocycles. The highest BCUT2D eigenvalue weighted by atomic mass is 35.5. The fraction of sp³-hybridized carbons (Fsp3) is 0.0667. The number of nitrogens with one attached hydrogen (secondary N) is 2. The van der Waals surface area contributed by atoms with Crippen molar-refractivity contribution in [2.75, 3.05) is 11.5 Å². The minimum Gasteiger partial charge on any atom is -0.454 e. The number of H-pyrrole nitrogens is 1. The molecule has 0 radical (unpaired) electrons. The quantitative estimate of drug-likeness (QED) is 0.741. The van der Waals surface area contributed by atoms with Gasteiger partial charge in [0.25, 0.3) is 10.0 Å². The van der Waals surface area contributed by atoms with Gasteiger partial charge in [0.05, 0.1) is 11.2 Å². The summed E-state index contributed by atoms with van der Waals surface area (Å²) in [5.74, 6) is 0.227. The summed E-state index contributed by atoms with van der Waals surface area (Å²) in [4.78, 5) is 2.84. The monoisotopic (exact) mass is 368 g/mol. The van der Waals surface area contributed by atoms with Crippen LogP contribution in [-0.4, -0.2) is 20.2 Å². The molecule has 124 valence electrons. The van der Waals surface area contributed by atoms with E-state index in [1.54, 1.807) is 12.1 Å². The van der Waals surface area contributed by atoms with Crippen molar-refractivity contribution in [1.82, 2.24) is 4.98 Å². The van der Waals surface area contributed by atoms with Gasteiger partial charge in [0.15, 0.2) is 11.5 Å². The Kier molecular flexibility index (Phi) is 3.33. The molecule has 9 heteroatoms. The summed E-state index contributed by atoms with van der Waals surface area (Å²) in [6.07, 6.45) is 1.33. The normalized spacial score (nSPS) is 13.4. The van der Waals surface area contributed by atoms with E-state index in [4.69, 9.17) is 21.1 Å². The van der Waals surface area contributed by atoms with Crippen molar-refractivity contribution in [3.63, 3.8) is 0 Å². The molecule has 0 unspecified atom stereocenters. The predicted octanol–water partition coefficient (Wildman–Crippen LogP) is 3.49.